The number of carbonyl (C=O) groups excluding carboxylic acids is 2. The fourth-order valence-electron chi connectivity index (χ4n) is 7.18. The molecule has 0 atom stereocenters. The van der Waals surface area contributed by atoms with Crippen LogP contribution < -0.4 is 5.32 Å². The van der Waals surface area contributed by atoms with Gasteiger partial charge in [-0.25, -0.2) is 4.79 Å². The van der Waals surface area contributed by atoms with Gasteiger partial charge in [0.05, 0.1) is 30.6 Å². The number of hydrogen-bond donors (Lipinski definition) is 1. The molecular weight excluding hydrogens is 368 g/mol. The van der Waals surface area contributed by atoms with Gasteiger partial charge in [0.2, 0.25) is 0 Å². The summed E-state index contributed by atoms with van der Waals surface area (Å²) in [7, 11) is 0. The molecule has 2 aromatic heterocycles. The van der Waals surface area contributed by atoms with Crippen molar-refractivity contribution in [2.75, 3.05) is 0 Å². The van der Waals surface area contributed by atoms with E-state index in [1.165, 1.54) is 19.3 Å². The lowest BCUT2D eigenvalue weighted by molar-refractivity contribution is -0.144. The second-order valence-corrected chi connectivity index (χ2v) is 9.91. The predicted octanol–water partition coefficient (Wildman–Crippen LogP) is 3.92. The number of nitrogens with one attached hydrogen (secondary N) is 1. The first-order valence-electron chi connectivity index (χ1n) is 10.7. The molecule has 3 amide bonds. The van der Waals surface area contributed by atoms with Crippen LogP contribution in [0.4, 0.5) is 4.79 Å². The lowest BCUT2D eigenvalue weighted by Gasteiger charge is -2.58. The number of amides is 3. The molecule has 6 nitrogen and oxygen atoms in total. The lowest BCUT2D eigenvalue weighted by atomic mass is 9.52. The SMILES string of the molecule is O=C1NC(Cc2ccoc2)(Cc2ccoc2)C(=O)N1C12CC3CC(CC(C3)C1)C2. The normalized spacial score (nSPS) is 34.8. The summed E-state index contributed by atoms with van der Waals surface area (Å²) in [6.07, 6.45) is 14.1. The maximum atomic E-state index is 14.0. The van der Waals surface area contributed by atoms with E-state index >= 15 is 0 Å². The minimum absolute atomic E-state index is 0.0770. The number of imide groups is 1. The van der Waals surface area contributed by atoms with Crippen molar-refractivity contribution >= 4 is 11.9 Å². The molecule has 4 saturated carbocycles. The van der Waals surface area contributed by atoms with Crippen molar-refractivity contribution in [1.82, 2.24) is 10.2 Å². The highest BCUT2D eigenvalue weighted by atomic mass is 16.3. The molecular formula is C23H26N2O4. The largest absolute Gasteiger partial charge is 0.472 e. The van der Waals surface area contributed by atoms with E-state index in [4.69, 9.17) is 8.83 Å². The third-order valence-corrected chi connectivity index (χ3v) is 7.81. The number of nitrogens with zero attached hydrogens (tertiary/aromatic N) is 1. The van der Waals surface area contributed by atoms with Gasteiger partial charge in [0, 0.05) is 12.8 Å². The maximum Gasteiger partial charge on any atom is 0.325 e. The van der Waals surface area contributed by atoms with E-state index in [1.54, 1.807) is 30.0 Å². The molecule has 4 aliphatic carbocycles. The average molecular weight is 394 g/mol. The fraction of sp³-hybridized carbons (Fsp3) is 0.565. The molecule has 5 fully saturated rings. The highest BCUT2D eigenvalue weighted by Crippen LogP contribution is 2.58. The second kappa shape index (κ2) is 6.00. The molecule has 1 saturated heterocycles. The van der Waals surface area contributed by atoms with Gasteiger partial charge in [0.1, 0.15) is 5.54 Å². The molecule has 6 heteroatoms. The van der Waals surface area contributed by atoms with Crippen LogP contribution >= 0.6 is 0 Å². The molecule has 2 aromatic rings. The minimum Gasteiger partial charge on any atom is -0.472 e. The summed E-state index contributed by atoms with van der Waals surface area (Å²) in [4.78, 5) is 29.0. The van der Waals surface area contributed by atoms with Gasteiger partial charge in [-0.1, -0.05) is 0 Å². The number of hydrogen-bond acceptors (Lipinski definition) is 4. The van der Waals surface area contributed by atoms with Gasteiger partial charge in [-0.3, -0.25) is 9.69 Å². The van der Waals surface area contributed by atoms with Gasteiger partial charge in [0.15, 0.2) is 0 Å². The summed E-state index contributed by atoms with van der Waals surface area (Å²) in [6.45, 7) is 0. The molecule has 0 aromatic carbocycles. The van der Waals surface area contributed by atoms with Crippen LogP contribution in [0, 0.1) is 17.8 Å². The zero-order valence-corrected chi connectivity index (χ0v) is 16.4. The first-order valence-corrected chi connectivity index (χ1v) is 10.7. The molecule has 1 aliphatic heterocycles. The van der Waals surface area contributed by atoms with E-state index < -0.39 is 5.54 Å². The van der Waals surface area contributed by atoms with Crippen molar-refractivity contribution in [2.24, 2.45) is 17.8 Å². The summed E-state index contributed by atoms with van der Waals surface area (Å²) in [5.74, 6) is 1.92. The Hall–Kier alpha value is -2.50. The van der Waals surface area contributed by atoms with Gasteiger partial charge in [-0.2, -0.15) is 0 Å². The smallest absolute Gasteiger partial charge is 0.325 e. The monoisotopic (exact) mass is 394 g/mol. The van der Waals surface area contributed by atoms with Crippen LogP contribution in [0.25, 0.3) is 0 Å². The van der Waals surface area contributed by atoms with Crippen LogP contribution in [-0.4, -0.2) is 27.9 Å². The number of furan rings is 2. The first-order chi connectivity index (χ1) is 14.1. The van der Waals surface area contributed by atoms with Gasteiger partial charge < -0.3 is 14.2 Å². The number of urea groups is 1. The summed E-state index contributed by atoms with van der Waals surface area (Å²) in [5.41, 5.74) is 0.544. The van der Waals surface area contributed by atoms with Crippen LogP contribution in [0.1, 0.15) is 49.7 Å². The van der Waals surface area contributed by atoms with Crippen molar-refractivity contribution in [2.45, 2.75) is 62.4 Å². The van der Waals surface area contributed by atoms with Gasteiger partial charge in [-0.15, -0.1) is 0 Å². The van der Waals surface area contributed by atoms with E-state index in [2.05, 4.69) is 5.32 Å². The van der Waals surface area contributed by atoms with E-state index in [0.29, 0.717) is 30.6 Å². The Morgan fingerprint density at radius 2 is 1.41 bits per heavy atom. The van der Waals surface area contributed by atoms with Crippen molar-refractivity contribution < 1.29 is 18.4 Å². The van der Waals surface area contributed by atoms with E-state index in [0.717, 1.165) is 30.4 Å². The molecule has 0 radical (unpaired) electrons. The van der Waals surface area contributed by atoms with E-state index in [-0.39, 0.29) is 17.5 Å². The molecule has 0 unspecified atom stereocenters. The second-order valence-electron chi connectivity index (χ2n) is 9.91. The fourth-order valence-corrected chi connectivity index (χ4v) is 7.18. The Balaban J connectivity index is 1.38. The standard InChI is InChI=1S/C23H26N2O4/c26-20-23(11-15-1-3-28-13-15,12-16-2-4-29-14-16)24-21(27)25(20)22-8-17-5-18(9-22)7-19(6-17)10-22/h1-4,13-14,17-19H,5-12H2,(H,24,27). The summed E-state index contributed by atoms with van der Waals surface area (Å²) in [6, 6.07) is 3.51. The molecule has 29 heavy (non-hydrogen) atoms. The molecule has 7 rings (SSSR count). The Labute approximate surface area is 169 Å². The van der Waals surface area contributed by atoms with Crippen molar-refractivity contribution in [3.63, 3.8) is 0 Å². The number of rotatable bonds is 5. The van der Waals surface area contributed by atoms with Gasteiger partial charge >= 0.3 is 6.03 Å². The summed E-state index contributed by atoms with van der Waals surface area (Å²) >= 11 is 0. The molecule has 4 bridgehead atoms. The van der Waals surface area contributed by atoms with Crippen LogP contribution in [0.2, 0.25) is 0 Å². The van der Waals surface area contributed by atoms with Gasteiger partial charge in [0.25, 0.3) is 5.91 Å². The summed E-state index contributed by atoms with van der Waals surface area (Å²) in [5, 5.41) is 3.12. The van der Waals surface area contributed by atoms with Crippen molar-refractivity contribution in [3.8, 4) is 0 Å². The maximum absolute atomic E-state index is 14.0. The highest BCUT2D eigenvalue weighted by Gasteiger charge is 2.62. The van der Waals surface area contributed by atoms with Crippen LogP contribution in [0.3, 0.4) is 0 Å². The molecule has 1 N–H and O–H groups in total. The topological polar surface area (TPSA) is 75.7 Å². The third-order valence-electron chi connectivity index (χ3n) is 7.81. The van der Waals surface area contributed by atoms with Crippen LogP contribution in [0.5, 0.6) is 0 Å². The Morgan fingerprint density at radius 1 is 0.897 bits per heavy atom. The average Bonchev–Trinajstić information content (AvgIpc) is 3.38. The lowest BCUT2D eigenvalue weighted by Crippen LogP contribution is -2.62. The van der Waals surface area contributed by atoms with Crippen LogP contribution in [-0.2, 0) is 17.6 Å². The zero-order valence-electron chi connectivity index (χ0n) is 16.4. The molecule has 3 heterocycles. The molecule has 0 spiro atoms. The zero-order chi connectivity index (χ0) is 19.6. The minimum atomic E-state index is -0.992. The summed E-state index contributed by atoms with van der Waals surface area (Å²) < 4.78 is 10.5. The predicted molar refractivity (Wildman–Crippen MR) is 104 cm³/mol. The third kappa shape index (κ3) is 2.61. The molecule has 5 aliphatic rings. The highest BCUT2D eigenvalue weighted by molar-refractivity contribution is 6.08. The van der Waals surface area contributed by atoms with E-state index in [1.807, 2.05) is 12.1 Å². The van der Waals surface area contributed by atoms with Crippen molar-refractivity contribution in [1.29, 1.82) is 0 Å². The Bertz CT molecular complexity index is 859. The molecule has 152 valence electrons. The van der Waals surface area contributed by atoms with Gasteiger partial charge in [-0.05, 0) is 79.5 Å². The van der Waals surface area contributed by atoms with Crippen LogP contribution in [0.15, 0.2) is 46.0 Å². The first kappa shape index (κ1) is 17.4. The van der Waals surface area contributed by atoms with E-state index in [9.17, 15) is 9.59 Å². The number of carbonyl (C=O) groups is 2. The van der Waals surface area contributed by atoms with Crippen molar-refractivity contribution in [3.05, 3.63) is 48.3 Å². The Kier molecular flexibility index (Phi) is 3.59. The Morgan fingerprint density at radius 3 is 1.86 bits per heavy atom. The quantitative estimate of drug-likeness (QED) is 0.780.